The molecule has 0 spiro atoms. The lowest BCUT2D eigenvalue weighted by molar-refractivity contribution is -0.144. The standard InChI is InChI=1S/C23H24ClNO4S/c1-3-29-19-8-4-5-9-21(19)30-20-11-10-16(13-18(20)24)15(2)22(26)25-12-6-7-17(14-25)23(27)28/h4-5,8-11,13,17H,2-3,6-7,12,14H2,1H3,(H,27,28). The number of hydrogen-bond acceptors (Lipinski definition) is 4. The van der Waals surface area contributed by atoms with Crippen molar-refractivity contribution in [3.63, 3.8) is 0 Å². The third kappa shape index (κ3) is 5.18. The van der Waals surface area contributed by atoms with Gasteiger partial charge in [-0.2, -0.15) is 0 Å². The highest BCUT2D eigenvalue weighted by molar-refractivity contribution is 7.99. The summed E-state index contributed by atoms with van der Waals surface area (Å²) in [6.45, 7) is 7.20. The SMILES string of the molecule is C=C(C(=O)N1CCCC(C(=O)O)C1)c1ccc(Sc2ccccc2OCC)c(Cl)c1. The molecule has 0 aliphatic carbocycles. The zero-order valence-corrected chi connectivity index (χ0v) is 18.3. The maximum Gasteiger partial charge on any atom is 0.308 e. The normalized spacial score (nSPS) is 16.2. The van der Waals surface area contributed by atoms with E-state index >= 15 is 0 Å². The van der Waals surface area contributed by atoms with Crippen molar-refractivity contribution in [1.82, 2.24) is 4.90 Å². The molecule has 158 valence electrons. The molecule has 1 atom stereocenters. The largest absolute Gasteiger partial charge is 0.493 e. The van der Waals surface area contributed by atoms with Gasteiger partial charge in [0, 0.05) is 23.6 Å². The molecule has 1 amide bonds. The van der Waals surface area contributed by atoms with Gasteiger partial charge < -0.3 is 14.7 Å². The predicted molar refractivity (Wildman–Crippen MR) is 119 cm³/mol. The van der Waals surface area contributed by atoms with E-state index < -0.39 is 11.9 Å². The molecule has 2 aromatic rings. The monoisotopic (exact) mass is 445 g/mol. The minimum Gasteiger partial charge on any atom is -0.493 e. The molecule has 1 fully saturated rings. The first-order valence-electron chi connectivity index (χ1n) is 9.81. The summed E-state index contributed by atoms with van der Waals surface area (Å²) in [7, 11) is 0. The van der Waals surface area contributed by atoms with Gasteiger partial charge in [0.25, 0.3) is 5.91 Å². The summed E-state index contributed by atoms with van der Waals surface area (Å²) >= 11 is 8.00. The number of amides is 1. The lowest BCUT2D eigenvalue weighted by Crippen LogP contribution is -2.42. The first kappa shape index (κ1) is 22.2. The zero-order chi connectivity index (χ0) is 21.7. The van der Waals surface area contributed by atoms with Gasteiger partial charge in [0.2, 0.25) is 0 Å². The Hall–Kier alpha value is -2.44. The van der Waals surface area contributed by atoms with Crippen molar-refractivity contribution in [2.75, 3.05) is 19.7 Å². The number of halogens is 1. The fraction of sp³-hybridized carbons (Fsp3) is 0.304. The van der Waals surface area contributed by atoms with Crippen LogP contribution in [0.3, 0.4) is 0 Å². The minimum absolute atomic E-state index is 0.211. The molecule has 0 bridgehead atoms. The molecule has 5 nitrogen and oxygen atoms in total. The molecule has 3 rings (SSSR count). The van der Waals surface area contributed by atoms with Crippen molar-refractivity contribution in [3.8, 4) is 5.75 Å². The van der Waals surface area contributed by atoms with Crippen molar-refractivity contribution in [2.45, 2.75) is 29.6 Å². The van der Waals surface area contributed by atoms with E-state index in [0.29, 0.717) is 42.2 Å². The van der Waals surface area contributed by atoms with Crippen LogP contribution in [0.1, 0.15) is 25.3 Å². The second-order valence-electron chi connectivity index (χ2n) is 7.03. The first-order chi connectivity index (χ1) is 14.4. The molecular formula is C23H24ClNO4S. The van der Waals surface area contributed by atoms with E-state index in [1.165, 1.54) is 11.8 Å². The van der Waals surface area contributed by atoms with Crippen molar-refractivity contribution in [2.24, 2.45) is 5.92 Å². The number of carbonyl (C=O) groups excluding carboxylic acids is 1. The summed E-state index contributed by atoms with van der Waals surface area (Å²) in [5, 5.41) is 9.76. The van der Waals surface area contributed by atoms with Gasteiger partial charge >= 0.3 is 5.97 Å². The van der Waals surface area contributed by atoms with Gasteiger partial charge in [-0.3, -0.25) is 9.59 Å². The summed E-state index contributed by atoms with van der Waals surface area (Å²) in [5.74, 6) is -0.847. The van der Waals surface area contributed by atoms with Crippen LogP contribution in [0.25, 0.3) is 5.57 Å². The molecule has 0 saturated carbocycles. The van der Waals surface area contributed by atoms with Crippen LogP contribution >= 0.6 is 23.4 Å². The van der Waals surface area contributed by atoms with Gasteiger partial charge in [-0.15, -0.1) is 0 Å². The lowest BCUT2D eigenvalue weighted by atomic mass is 9.97. The lowest BCUT2D eigenvalue weighted by Gasteiger charge is -2.31. The fourth-order valence-electron chi connectivity index (χ4n) is 3.38. The Morgan fingerprint density at radius 2 is 2.03 bits per heavy atom. The third-order valence-corrected chi connectivity index (χ3v) is 6.52. The second kappa shape index (κ2) is 10.0. The van der Waals surface area contributed by atoms with E-state index in [9.17, 15) is 14.7 Å². The van der Waals surface area contributed by atoms with E-state index in [1.807, 2.05) is 43.3 Å². The fourth-order valence-corrected chi connectivity index (χ4v) is 4.58. The smallest absolute Gasteiger partial charge is 0.308 e. The highest BCUT2D eigenvalue weighted by Gasteiger charge is 2.29. The molecule has 1 aliphatic rings. The number of likely N-dealkylation sites (tertiary alicyclic amines) is 1. The number of carboxylic acid groups (broad SMARTS) is 1. The molecule has 0 aromatic heterocycles. The quantitative estimate of drug-likeness (QED) is 0.591. The van der Waals surface area contributed by atoms with E-state index in [0.717, 1.165) is 15.5 Å². The van der Waals surface area contributed by atoms with Gasteiger partial charge in [-0.05, 0) is 49.6 Å². The molecule has 1 aliphatic heterocycles. The van der Waals surface area contributed by atoms with Crippen LogP contribution < -0.4 is 4.74 Å². The highest BCUT2D eigenvalue weighted by atomic mass is 35.5. The van der Waals surface area contributed by atoms with Gasteiger partial charge in [0.05, 0.1) is 22.4 Å². The Kier molecular flexibility index (Phi) is 7.45. The number of carboxylic acids is 1. The van der Waals surface area contributed by atoms with Crippen LogP contribution in [0.5, 0.6) is 5.75 Å². The van der Waals surface area contributed by atoms with Crippen LogP contribution in [0.4, 0.5) is 0 Å². The number of piperidine rings is 1. The molecular weight excluding hydrogens is 422 g/mol. The molecule has 7 heteroatoms. The average Bonchev–Trinajstić information content (AvgIpc) is 2.75. The topological polar surface area (TPSA) is 66.8 Å². The summed E-state index contributed by atoms with van der Waals surface area (Å²) in [4.78, 5) is 27.5. The molecule has 1 heterocycles. The van der Waals surface area contributed by atoms with Crippen LogP contribution in [0.2, 0.25) is 5.02 Å². The second-order valence-corrected chi connectivity index (χ2v) is 8.53. The van der Waals surface area contributed by atoms with Crippen molar-refractivity contribution < 1.29 is 19.4 Å². The van der Waals surface area contributed by atoms with Gasteiger partial charge in [0.1, 0.15) is 5.75 Å². The summed E-state index contributed by atoms with van der Waals surface area (Å²) < 4.78 is 5.67. The summed E-state index contributed by atoms with van der Waals surface area (Å²) in [5.41, 5.74) is 0.944. The van der Waals surface area contributed by atoms with Crippen LogP contribution in [0, 0.1) is 5.92 Å². The number of hydrogen-bond donors (Lipinski definition) is 1. The van der Waals surface area contributed by atoms with Crippen LogP contribution in [-0.4, -0.2) is 41.6 Å². The Labute approximate surface area is 185 Å². The number of aliphatic carboxylic acids is 1. The van der Waals surface area contributed by atoms with E-state index in [1.54, 1.807) is 11.0 Å². The van der Waals surface area contributed by atoms with Crippen LogP contribution in [0.15, 0.2) is 58.8 Å². The summed E-state index contributed by atoms with van der Waals surface area (Å²) in [6, 6.07) is 13.2. The maximum absolute atomic E-state index is 12.8. The number of benzene rings is 2. The number of ether oxygens (including phenoxy) is 1. The summed E-state index contributed by atoms with van der Waals surface area (Å²) in [6.07, 6.45) is 1.26. The minimum atomic E-state index is -0.866. The molecule has 1 unspecified atom stereocenters. The van der Waals surface area contributed by atoms with Gasteiger partial charge in [-0.25, -0.2) is 0 Å². The molecule has 1 saturated heterocycles. The predicted octanol–water partition coefficient (Wildman–Crippen LogP) is 5.23. The Morgan fingerprint density at radius 1 is 1.27 bits per heavy atom. The molecule has 0 radical (unpaired) electrons. The Morgan fingerprint density at radius 3 is 2.73 bits per heavy atom. The van der Waals surface area contributed by atoms with E-state index in [4.69, 9.17) is 16.3 Å². The molecule has 1 N–H and O–H groups in total. The number of para-hydroxylation sites is 1. The van der Waals surface area contributed by atoms with E-state index in [2.05, 4.69) is 6.58 Å². The van der Waals surface area contributed by atoms with Gasteiger partial charge in [-0.1, -0.05) is 48.1 Å². The number of rotatable bonds is 7. The van der Waals surface area contributed by atoms with Crippen molar-refractivity contribution in [1.29, 1.82) is 0 Å². The van der Waals surface area contributed by atoms with Crippen LogP contribution in [-0.2, 0) is 9.59 Å². The molecule has 30 heavy (non-hydrogen) atoms. The van der Waals surface area contributed by atoms with Crippen molar-refractivity contribution in [3.05, 3.63) is 59.6 Å². The van der Waals surface area contributed by atoms with E-state index in [-0.39, 0.29) is 12.5 Å². The number of carbonyl (C=O) groups is 2. The zero-order valence-electron chi connectivity index (χ0n) is 16.8. The van der Waals surface area contributed by atoms with Gasteiger partial charge in [0.15, 0.2) is 0 Å². The Bertz CT molecular complexity index is 962. The number of nitrogens with zero attached hydrogens (tertiary/aromatic N) is 1. The third-order valence-electron chi connectivity index (χ3n) is 4.97. The molecule has 2 aromatic carbocycles. The Balaban J connectivity index is 1.74. The average molecular weight is 446 g/mol. The first-order valence-corrected chi connectivity index (χ1v) is 11.0. The van der Waals surface area contributed by atoms with Crippen molar-refractivity contribution >= 4 is 40.8 Å². The highest BCUT2D eigenvalue weighted by Crippen LogP contribution is 2.39. The maximum atomic E-state index is 12.8.